The fraction of sp³-hybridized carbons (Fsp3) is 0.0625. The number of benzene rings is 2. The minimum atomic E-state index is -0.142. The smallest absolute Gasteiger partial charge is 1.00 e. The summed E-state index contributed by atoms with van der Waals surface area (Å²) in [7, 11) is 0. The molecule has 0 saturated carbocycles. The van der Waals surface area contributed by atoms with Crippen molar-refractivity contribution in [1.82, 2.24) is 0 Å². The Morgan fingerprint density at radius 2 is 1.70 bits per heavy atom. The number of carbonyl (C=O) groups is 2. The Labute approximate surface area is 156 Å². The standard InChI is InChI=1S/C16H14NO2.Sr.H/c1-11(18)10-13-8-5-9-14(15(13)17)16(19)12-6-3-2-4-7-12;;/h2-10H,17H2,1H3;;/q-1;+2;-1. The molecule has 0 aromatic heterocycles. The van der Waals surface area contributed by atoms with Gasteiger partial charge in [0.25, 0.3) is 0 Å². The summed E-state index contributed by atoms with van der Waals surface area (Å²) in [6.07, 6.45) is 1.43. The summed E-state index contributed by atoms with van der Waals surface area (Å²) >= 11 is 0. The molecule has 3 nitrogen and oxygen atoms in total. The van der Waals surface area contributed by atoms with Crippen molar-refractivity contribution in [3.8, 4) is 0 Å². The van der Waals surface area contributed by atoms with Gasteiger partial charge in [-0.2, -0.15) is 11.6 Å². The third kappa shape index (κ3) is 3.96. The second kappa shape index (κ2) is 7.64. The number of rotatable bonds is 4. The number of para-hydroxylation sites is 1. The number of Topliss-reactive ketones (excluding diaryl/α,β-unsaturated/α-hetero) is 1. The average molecular weight is 341 g/mol. The first-order valence-electron chi connectivity index (χ1n) is 5.93. The molecule has 0 spiro atoms. The summed E-state index contributed by atoms with van der Waals surface area (Å²) in [5.74, 6) is -0.243. The van der Waals surface area contributed by atoms with E-state index in [-0.39, 0.29) is 58.5 Å². The molecule has 0 atom stereocenters. The molecule has 0 heterocycles. The molecule has 4 heteroatoms. The molecule has 98 valence electrons. The normalized spacial score (nSPS) is 9.45. The molecule has 0 saturated heterocycles. The summed E-state index contributed by atoms with van der Waals surface area (Å²) in [6.45, 7) is 1.45. The van der Waals surface area contributed by atoms with Gasteiger partial charge in [-0.05, 0) is 12.5 Å². The Hall–Kier alpha value is -1.07. The molecule has 2 aromatic carbocycles. The summed E-state index contributed by atoms with van der Waals surface area (Å²) in [5.41, 5.74) is 7.88. The fourth-order valence-electron chi connectivity index (χ4n) is 1.87. The van der Waals surface area contributed by atoms with Gasteiger partial charge < -0.3 is 12.0 Å². The Balaban J connectivity index is 0.00000200. The van der Waals surface area contributed by atoms with Crippen LogP contribution in [0.3, 0.4) is 0 Å². The molecule has 2 aromatic rings. The topological polar surface area (TPSA) is 60.2 Å². The third-order valence-electron chi connectivity index (χ3n) is 2.78. The van der Waals surface area contributed by atoms with Crippen LogP contribution < -0.4 is 5.73 Å². The van der Waals surface area contributed by atoms with E-state index >= 15 is 0 Å². The van der Waals surface area contributed by atoms with Gasteiger partial charge in [0.05, 0.1) is 5.78 Å². The van der Waals surface area contributed by atoms with Crippen molar-refractivity contribution < 1.29 is 11.0 Å². The van der Waals surface area contributed by atoms with Gasteiger partial charge in [0.2, 0.25) is 0 Å². The Kier molecular flexibility index (Phi) is 6.49. The van der Waals surface area contributed by atoms with Crippen LogP contribution in [0.25, 0.3) is 0 Å². The van der Waals surface area contributed by atoms with Crippen LogP contribution in [0, 0.1) is 6.42 Å². The SMILES string of the molecule is CC(=O)[CH-]c1cccc(C(=O)c2ccccc2)c1N.[H-].[Sr+2]. The van der Waals surface area contributed by atoms with E-state index in [2.05, 4.69) is 0 Å². The second-order valence-electron chi connectivity index (χ2n) is 4.26. The maximum Gasteiger partial charge on any atom is 2.00 e. The number of ketones is 2. The van der Waals surface area contributed by atoms with E-state index < -0.39 is 0 Å². The van der Waals surface area contributed by atoms with Crippen LogP contribution in [-0.4, -0.2) is 57.0 Å². The largest absolute Gasteiger partial charge is 2.00 e. The van der Waals surface area contributed by atoms with Crippen LogP contribution in [0.4, 0.5) is 5.69 Å². The summed E-state index contributed by atoms with van der Waals surface area (Å²) in [6, 6.07) is 14.0. The summed E-state index contributed by atoms with van der Waals surface area (Å²) in [4.78, 5) is 23.4. The molecule has 2 rings (SSSR count). The van der Waals surface area contributed by atoms with E-state index in [0.29, 0.717) is 22.4 Å². The first-order chi connectivity index (χ1) is 9.09. The van der Waals surface area contributed by atoms with Crippen molar-refractivity contribution in [2.75, 3.05) is 5.73 Å². The monoisotopic (exact) mass is 341 g/mol. The van der Waals surface area contributed by atoms with Crippen molar-refractivity contribution in [3.63, 3.8) is 0 Å². The number of nitrogens with two attached hydrogens (primary N) is 1. The summed E-state index contributed by atoms with van der Waals surface area (Å²) in [5, 5.41) is 0. The average Bonchev–Trinajstić information content (AvgIpc) is 2.41. The van der Waals surface area contributed by atoms with Crippen LogP contribution in [0.5, 0.6) is 0 Å². The van der Waals surface area contributed by atoms with Crippen LogP contribution in [-0.2, 0) is 4.79 Å². The first-order valence-corrected chi connectivity index (χ1v) is 5.93. The predicted octanol–water partition coefficient (Wildman–Crippen LogP) is 2.37. The van der Waals surface area contributed by atoms with Crippen molar-refractivity contribution in [3.05, 3.63) is 71.6 Å². The first kappa shape index (κ1) is 17.0. The molecule has 0 unspecified atom stereocenters. The van der Waals surface area contributed by atoms with E-state index in [0.717, 1.165) is 0 Å². The van der Waals surface area contributed by atoms with Crippen LogP contribution in [0.2, 0.25) is 0 Å². The number of hydrogen-bond donors (Lipinski definition) is 1. The molecule has 0 bridgehead atoms. The van der Waals surface area contributed by atoms with Gasteiger partial charge in [-0.25, -0.2) is 0 Å². The van der Waals surface area contributed by atoms with E-state index in [1.54, 1.807) is 42.5 Å². The van der Waals surface area contributed by atoms with Crippen molar-refractivity contribution in [2.45, 2.75) is 6.92 Å². The van der Waals surface area contributed by atoms with Gasteiger partial charge in [-0.3, -0.25) is 4.79 Å². The zero-order chi connectivity index (χ0) is 13.8. The molecule has 0 aliphatic rings. The Morgan fingerprint density at radius 1 is 1.05 bits per heavy atom. The number of nitrogen functional groups attached to an aromatic ring is 1. The van der Waals surface area contributed by atoms with Crippen molar-refractivity contribution >= 4 is 62.7 Å². The van der Waals surface area contributed by atoms with Crippen LogP contribution >= 0.6 is 0 Å². The molecular formula is C16H15NO2Sr. The molecule has 0 aliphatic heterocycles. The zero-order valence-electron chi connectivity index (χ0n) is 12.3. The predicted molar refractivity (Wildman–Crippen MR) is 81.7 cm³/mol. The quantitative estimate of drug-likeness (QED) is 0.402. The van der Waals surface area contributed by atoms with E-state index in [9.17, 15) is 9.59 Å². The van der Waals surface area contributed by atoms with Gasteiger partial charge in [-0.1, -0.05) is 42.1 Å². The minimum Gasteiger partial charge on any atom is -1.00 e. The number of anilines is 1. The van der Waals surface area contributed by atoms with Crippen LogP contribution in [0.15, 0.2) is 48.5 Å². The molecule has 2 N–H and O–H groups in total. The Morgan fingerprint density at radius 3 is 2.30 bits per heavy atom. The molecular weight excluding hydrogens is 326 g/mol. The number of carbonyl (C=O) groups excluding carboxylic acids is 2. The Bertz CT molecular complexity index is 629. The van der Waals surface area contributed by atoms with Gasteiger partial charge in [-0.15, -0.1) is 12.5 Å². The third-order valence-corrected chi connectivity index (χ3v) is 2.78. The maximum absolute atomic E-state index is 12.3. The van der Waals surface area contributed by atoms with E-state index in [4.69, 9.17) is 5.73 Å². The van der Waals surface area contributed by atoms with Gasteiger partial charge in [0.1, 0.15) is 0 Å². The summed E-state index contributed by atoms with van der Waals surface area (Å²) < 4.78 is 0. The molecule has 0 aliphatic carbocycles. The zero-order valence-corrected chi connectivity index (χ0v) is 14.8. The number of hydrogen-bond acceptors (Lipinski definition) is 3. The maximum atomic E-state index is 12.3. The minimum absolute atomic E-state index is 0. The van der Waals surface area contributed by atoms with Crippen molar-refractivity contribution in [1.29, 1.82) is 0 Å². The van der Waals surface area contributed by atoms with Gasteiger partial charge >= 0.3 is 45.5 Å². The van der Waals surface area contributed by atoms with E-state index in [1.165, 1.54) is 13.3 Å². The molecule has 0 radical (unpaired) electrons. The molecule has 20 heavy (non-hydrogen) atoms. The molecule has 0 fully saturated rings. The fourth-order valence-corrected chi connectivity index (χ4v) is 1.87. The van der Waals surface area contributed by atoms with Gasteiger partial charge in [0, 0.05) is 5.56 Å². The molecule has 0 amide bonds. The van der Waals surface area contributed by atoms with E-state index in [1.807, 2.05) is 6.07 Å². The van der Waals surface area contributed by atoms with Gasteiger partial charge in [0.15, 0.2) is 5.78 Å². The second-order valence-corrected chi connectivity index (χ2v) is 4.26. The van der Waals surface area contributed by atoms with Crippen LogP contribution in [0.1, 0.15) is 29.8 Å². The van der Waals surface area contributed by atoms with Crippen molar-refractivity contribution in [2.24, 2.45) is 0 Å².